The van der Waals surface area contributed by atoms with Crippen LogP contribution in [-0.4, -0.2) is 42.5 Å². The Hall–Kier alpha value is -1.19. The summed E-state index contributed by atoms with van der Waals surface area (Å²) in [6.07, 6.45) is 2.21. The van der Waals surface area contributed by atoms with E-state index in [1.54, 1.807) is 0 Å². The number of aryl methyl sites for hydroxylation is 1. The maximum atomic E-state index is 12.6. The first kappa shape index (κ1) is 15.2. The van der Waals surface area contributed by atoms with E-state index >= 15 is 0 Å². The lowest BCUT2D eigenvalue weighted by atomic mass is 10.00. The number of ketones is 1. The molecule has 3 nitrogen and oxygen atoms in total. The molecule has 0 aliphatic carbocycles. The van der Waals surface area contributed by atoms with Crippen LogP contribution in [0.2, 0.25) is 0 Å². The molecule has 0 saturated carbocycles. The Kier molecular flexibility index (Phi) is 4.95. The summed E-state index contributed by atoms with van der Waals surface area (Å²) in [6, 6.07) is 8.20. The second kappa shape index (κ2) is 6.51. The standard InChI is InChI=1S/C17H25NO2/c1-5-14-6-8-15(9-7-14)17(19)12(2)18(4)16-10-11-20-13(16)3/h6-9,12-13,16H,5,10-11H2,1-4H3. The van der Waals surface area contributed by atoms with Gasteiger partial charge in [-0.3, -0.25) is 9.69 Å². The fourth-order valence-corrected chi connectivity index (χ4v) is 2.87. The third kappa shape index (κ3) is 3.10. The van der Waals surface area contributed by atoms with E-state index in [4.69, 9.17) is 4.74 Å². The van der Waals surface area contributed by atoms with Crippen LogP contribution in [0.4, 0.5) is 0 Å². The van der Waals surface area contributed by atoms with Gasteiger partial charge in [-0.25, -0.2) is 0 Å². The summed E-state index contributed by atoms with van der Waals surface area (Å²) in [5, 5.41) is 0. The average Bonchev–Trinajstić information content (AvgIpc) is 2.91. The molecule has 1 aliphatic rings. The molecule has 1 aromatic rings. The highest BCUT2D eigenvalue weighted by Crippen LogP contribution is 2.21. The van der Waals surface area contributed by atoms with Crippen molar-refractivity contribution in [3.63, 3.8) is 0 Å². The summed E-state index contributed by atoms with van der Waals surface area (Å²) in [4.78, 5) is 14.7. The minimum absolute atomic E-state index is 0.114. The number of hydrogen-bond acceptors (Lipinski definition) is 3. The molecule has 1 aromatic carbocycles. The number of carbonyl (C=O) groups is 1. The molecule has 1 aliphatic heterocycles. The van der Waals surface area contributed by atoms with Gasteiger partial charge in [0.25, 0.3) is 0 Å². The molecule has 0 aromatic heterocycles. The molecule has 110 valence electrons. The predicted molar refractivity (Wildman–Crippen MR) is 81.2 cm³/mol. The third-order valence-corrected chi connectivity index (χ3v) is 4.50. The minimum atomic E-state index is -0.114. The quantitative estimate of drug-likeness (QED) is 0.774. The van der Waals surface area contributed by atoms with Crippen LogP contribution in [-0.2, 0) is 11.2 Å². The molecule has 0 spiro atoms. The summed E-state index contributed by atoms with van der Waals surface area (Å²) in [6.45, 7) is 6.99. The number of ether oxygens (including phenoxy) is 1. The van der Waals surface area contributed by atoms with Crippen LogP contribution >= 0.6 is 0 Å². The second-order valence-corrected chi connectivity index (χ2v) is 5.69. The first-order valence-electron chi connectivity index (χ1n) is 7.51. The fraction of sp³-hybridized carbons (Fsp3) is 0.588. The molecule has 0 amide bonds. The molecule has 0 N–H and O–H groups in total. The van der Waals surface area contributed by atoms with Crippen molar-refractivity contribution in [2.75, 3.05) is 13.7 Å². The number of rotatable bonds is 5. The molecule has 1 heterocycles. The number of carbonyl (C=O) groups excluding carboxylic acids is 1. The Labute approximate surface area is 121 Å². The normalized spacial score (nSPS) is 24.1. The Bertz CT molecular complexity index is 455. The Morgan fingerprint density at radius 1 is 1.40 bits per heavy atom. The fourth-order valence-electron chi connectivity index (χ4n) is 2.87. The molecule has 1 fully saturated rings. The molecule has 2 rings (SSSR count). The lowest BCUT2D eigenvalue weighted by molar-refractivity contribution is 0.0605. The molecule has 3 atom stereocenters. The number of nitrogens with zero attached hydrogens (tertiary/aromatic N) is 1. The molecular weight excluding hydrogens is 250 g/mol. The zero-order valence-corrected chi connectivity index (χ0v) is 12.9. The number of benzene rings is 1. The molecule has 3 heteroatoms. The van der Waals surface area contributed by atoms with E-state index in [1.165, 1.54) is 5.56 Å². The van der Waals surface area contributed by atoms with Gasteiger partial charge in [0, 0.05) is 18.2 Å². The maximum absolute atomic E-state index is 12.6. The lowest BCUT2D eigenvalue weighted by Crippen LogP contribution is -2.45. The van der Waals surface area contributed by atoms with Gasteiger partial charge in [-0.05, 0) is 39.3 Å². The van der Waals surface area contributed by atoms with E-state index in [1.807, 2.05) is 38.2 Å². The molecular formula is C17H25NO2. The lowest BCUT2D eigenvalue weighted by Gasteiger charge is -2.31. The van der Waals surface area contributed by atoms with Crippen molar-refractivity contribution in [3.05, 3.63) is 35.4 Å². The average molecular weight is 275 g/mol. The number of Topliss-reactive ketones (excluding diaryl/α,β-unsaturated/α-hetero) is 1. The SMILES string of the molecule is CCc1ccc(C(=O)C(C)N(C)C2CCOC2C)cc1. The predicted octanol–water partition coefficient (Wildman–Crippen LogP) is 2.93. The van der Waals surface area contributed by atoms with Crippen LogP contribution in [0.25, 0.3) is 0 Å². The first-order chi connectivity index (χ1) is 9.54. The van der Waals surface area contributed by atoms with Gasteiger partial charge in [-0.1, -0.05) is 31.2 Å². The van der Waals surface area contributed by atoms with E-state index in [0.717, 1.165) is 25.0 Å². The van der Waals surface area contributed by atoms with E-state index < -0.39 is 0 Å². The maximum Gasteiger partial charge on any atom is 0.179 e. The van der Waals surface area contributed by atoms with Gasteiger partial charge in [0.2, 0.25) is 0 Å². The Morgan fingerprint density at radius 3 is 2.55 bits per heavy atom. The number of likely N-dealkylation sites (N-methyl/N-ethyl adjacent to an activating group) is 1. The largest absolute Gasteiger partial charge is 0.377 e. The summed E-state index contributed by atoms with van der Waals surface area (Å²) in [5.74, 6) is 0.189. The van der Waals surface area contributed by atoms with Crippen molar-refractivity contribution in [3.8, 4) is 0 Å². The summed E-state index contributed by atoms with van der Waals surface area (Å²) in [5.41, 5.74) is 2.06. The molecule has 1 saturated heterocycles. The van der Waals surface area contributed by atoms with Crippen LogP contribution in [0.5, 0.6) is 0 Å². The van der Waals surface area contributed by atoms with E-state index in [2.05, 4.69) is 18.7 Å². The first-order valence-corrected chi connectivity index (χ1v) is 7.51. The highest BCUT2D eigenvalue weighted by Gasteiger charge is 2.32. The third-order valence-electron chi connectivity index (χ3n) is 4.50. The van der Waals surface area contributed by atoms with Crippen LogP contribution < -0.4 is 0 Å². The van der Waals surface area contributed by atoms with Gasteiger partial charge in [-0.2, -0.15) is 0 Å². The summed E-state index contributed by atoms with van der Waals surface area (Å²) < 4.78 is 5.60. The van der Waals surface area contributed by atoms with E-state index in [-0.39, 0.29) is 17.9 Å². The van der Waals surface area contributed by atoms with Crippen molar-refractivity contribution in [1.29, 1.82) is 0 Å². The van der Waals surface area contributed by atoms with Crippen molar-refractivity contribution >= 4 is 5.78 Å². The molecule has 0 bridgehead atoms. The van der Waals surface area contributed by atoms with Crippen molar-refractivity contribution in [1.82, 2.24) is 4.90 Å². The van der Waals surface area contributed by atoms with Crippen LogP contribution in [0.1, 0.15) is 43.1 Å². The second-order valence-electron chi connectivity index (χ2n) is 5.69. The molecule has 3 unspecified atom stereocenters. The van der Waals surface area contributed by atoms with Gasteiger partial charge >= 0.3 is 0 Å². The van der Waals surface area contributed by atoms with Gasteiger partial charge in [-0.15, -0.1) is 0 Å². The minimum Gasteiger partial charge on any atom is -0.377 e. The summed E-state index contributed by atoms with van der Waals surface area (Å²) in [7, 11) is 2.03. The zero-order valence-electron chi connectivity index (χ0n) is 12.9. The van der Waals surface area contributed by atoms with Gasteiger partial charge in [0.1, 0.15) is 0 Å². The van der Waals surface area contributed by atoms with Crippen molar-refractivity contribution in [2.24, 2.45) is 0 Å². The molecule has 0 radical (unpaired) electrons. The Balaban J connectivity index is 2.06. The smallest absolute Gasteiger partial charge is 0.179 e. The van der Waals surface area contributed by atoms with Gasteiger partial charge < -0.3 is 4.74 Å². The number of hydrogen-bond donors (Lipinski definition) is 0. The van der Waals surface area contributed by atoms with Crippen molar-refractivity contribution < 1.29 is 9.53 Å². The van der Waals surface area contributed by atoms with Crippen molar-refractivity contribution in [2.45, 2.75) is 51.8 Å². The molecule has 20 heavy (non-hydrogen) atoms. The zero-order chi connectivity index (χ0) is 14.7. The highest BCUT2D eigenvalue weighted by molar-refractivity contribution is 5.99. The van der Waals surface area contributed by atoms with Gasteiger partial charge in [0.15, 0.2) is 5.78 Å². The highest BCUT2D eigenvalue weighted by atomic mass is 16.5. The van der Waals surface area contributed by atoms with Crippen LogP contribution in [0.15, 0.2) is 24.3 Å². The topological polar surface area (TPSA) is 29.5 Å². The monoisotopic (exact) mass is 275 g/mol. The van der Waals surface area contributed by atoms with Crippen LogP contribution in [0, 0.1) is 0 Å². The van der Waals surface area contributed by atoms with E-state index in [0.29, 0.717) is 6.04 Å². The van der Waals surface area contributed by atoms with E-state index in [9.17, 15) is 4.79 Å². The van der Waals surface area contributed by atoms with Gasteiger partial charge in [0.05, 0.1) is 12.1 Å². The summed E-state index contributed by atoms with van der Waals surface area (Å²) >= 11 is 0. The van der Waals surface area contributed by atoms with Crippen LogP contribution in [0.3, 0.4) is 0 Å². The Morgan fingerprint density at radius 2 is 2.05 bits per heavy atom.